The molecule has 0 spiro atoms. The molecule has 0 amide bonds. The minimum Gasteiger partial charge on any atom is -0.480 e. The highest BCUT2D eigenvalue weighted by Gasteiger charge is 2.54. The van der Waals surface area contributed by atoms with Gasteiger partial charge in [0.25, 0.3) is 0 Å². The van der Waals surface area contributed by atoms with Crippen LogP contribution in [0.25, 0.3) is 0 Å². The molecule has 0 bridgehead atoms. The summed E-state index contributed by atoms with van der Waals surface area (Å²) in [6.07, 6.45) is 1.37. The molecule has 7 nitrogen and oxygen atoms in total. The summed E-state index contributed by atoms with van der Waals surface area (Å²) >= 11 is 0. The fraction of sp³-hybridized carbons (Fsp3) is 0.632. The molecule has 1 aromatic carbocycles. The molecule has 150 valence electrons. The summed E-state index contributed by atoms with van der Waals surface area (Å²) in [5.74, 6) is -0.977. The maximum atomic E-state index is 13.1. The van der Waals surface area contributed by atoms with Crippen molar-refractivity contribution >= 4 is 16.0 Å². The van der Waals surface area contributed by atoms with Crippen LogP contribution in [-0.2, 0) is 30.9 Å². The Labute approximate surface area is 160 Å². The summed E-state index contributed by atoms with van der Waals surface area (Å²) < 4.78 is 36.7. The lowest BCUT2D eigenvalue weighted by Gasteiger charge is -2.39. The zero-order chi connectivity index (χ0) is 19.3. The number of rotatable bonds is 7. The maximum absolute atomic E-state index is 13.1. The van der Waals surface area contributed by atoms with Gasteiger partial charge in [-0.3, -0.25) is 4.79 Å². The van der Waals surface area contributed by atoms with Crippen LogP contribution >= 0.6 is 0 Å². The molecular formula is C19H27NO6S. The zero-order valence-electron chi connectivity index (χ0n) is 15.4. The highest BCUT2D eigenvalue weighted by atomic mass is 32.2. The first-order valence-corrected chi connectivity index (χ1v) is 10.8. The van der Waals surface area contributed by atoms with E-state index < -0.39 is 20.7 Å². The molecule has 2 aliphatic rings. The molecule has 0 aliphatic carbocycles. The number of carbonyl (C=O) groups is 1. The quantitative estimate of drug-likeness (QED) is 0.755. The Kier molecular flexibility index (Phi) is 6.52. The minimum absolute atomic E-state index is 0.00474. The number of ether oxygens (including phenoxy) is 2. The van der Waals surface area contributed by atoms with Crippen molar-refractivity contribution in [1.29, 1.82) is 0 Å². The van der Waals surface area contributed by atoms with Crippen LogP contribution in [-0.4, -0.2) is 61.5 Å². The second kappa shape index (κ2) is 8.68. The van der Waals surface area contributed by atoms with Gasteiger partial charge >= 0.3 is 5.97 Å². The Morgan fingerprint density at radius 2 is 1.81 bits per heavy atom. The van der Waals surface area contributed by atoms with Gasteiger partial charge in [0.05, 0.1) is 6.61 Å². The van der Waals surface area contributed by atoms with E-state index in [4.69, 9.17) is 9.47 Å². The fourth-order valence-corrected chi connectivity index (χ4v) is 5.85. The first-order valence-electron chi connectivity index (χ1n) is 9.38. The largest absolute Gasteiger partial charge is 0.480 e. The number of aliphatic carboxylic acids is 1. The summed E-state index contributed by atoms with van der Waals surface area (Å²) in [6, 6.07) is 9.91. The first kappa shape index (κ1) is 20.3. The van der Waals surface area contributed by atoms with Crippen LogP contribution in [0.4, 0.5) is 0 Å². The molecule has 2 fully saturated rings. The van der Waals surface area contributed by atoms with E-state index in [1.54, 1.807) is 0 Å². The van der Waals surface area contributed by atoms with Crippen molar-refractivity contribution in [2.75, 3.05) is 32.9 Å². The van der Waals surface area contributed by atoms with Gasteiger partial charge < -0.3 is 14.6 Å². The van der Waals surface area contributed by atoms with Crippen LogP contribution in [0.1, 0.15) is 31.2 Å². The van der Waals surface area contributed by atoms with Gasteiger partial charge in [-0.1, -0.05) is 30.3 Å². The van der Waals surface area contributed by atoms with Crippen LogP contribution in [0, 0.1) is 5.92 Å². The number of carboxylic acids is 1. The average molecular weight is 397 g/mol. The normalized spacial score (nSPS) is 21.8. The van der Waals surface area contributed by atoms with E-state index in [9.17, 15) is 18.3 Å². The Hall–Kier alpha value is -1.48. The van der Waals surface area contributed by atoms with E-state index in [1.807, 2.05) is 30.3 Å². The van der Waals surface area contributed by atoms with E-state index in [-0.39, 0.29) is 32.0 Å². The highest BCUT2D eigenvalue weighted by molar-refractivity contribution is 7.91. The maximum Gasteiger partial charge on any atom is 0.326 e. The SMILES string of the molecule is O=C(O)C1(S(=O)(=O)N2CCC(COCc3ccccc3)CC2)CCOCC1. The molecule has 2 heterocycles. The van der Waals surface area contributed by atoms with Gasteiger partial charge in [0, 0.05) is 45.8 Å². The van der Waals surface area contributed by atoms with Gasteiger partial charge in [0.1, 0.15) is 0 Å². The molecule has 27 heavy (non-hydrogen) atoms. The number of piperidine rings is 1. The zero-order valence-corrected chi connectivity index (χ0v) is 16.2. The van der Waals surface area contributed by atoms with Gasteiger partial charge in [-0.25, -0.2) is 12.7 Å². The van der Waals surface area contributed by atoms with Gasteiger partial charge in [0.15, 0.2) is 4.75 Å². The lowest BCUT2D eigenvalue weighted by molar-refractivity contribution is -0.142. The smallest absolute Gasteiger partial charge is 0.326 e. The van der Waals surface area contributed by atoms with Crippen LogP contribution < -0.4 is 0 Å². The minimum atomic E-state index is -3.92. The molecule has 0 unspecified atom stereocenters. The van der Waals surface area contributed by atoms with Crippen LogP contribution in [0.3, 0.4) is 0 Å². The molecule has 0 atom stereocenters. The Balaban J connectivity index is 1.54. The number of benzene rings is 1. The van der Waals surface area contributed by atoms with Crippen molar-refractivity contribution in [1.82, 2.24) is 4.31 Å². The Morgan fingerprint density at radius 1 is 1.19 bits per heavy atom. The summed E-state index contributed by atoms with van der Waals surface area (Å²) in [6.45, 7) is 2.14. The number of sulfonamides is 1. The number of carboxylic acid groups (broad SMARTS) is 1. The fourth-order valence-electron chi connectivity index (χ4n) is 3.76. The lowest BCUT2D eigenvalue weighted by Crippen LogP contribution is -2.57. The Bertz CT molecular complexity index is 722. The molecular weight excluding hydrogens is 370 g/mol. The molecule has 8 heteroatoms. The second-order valence-electron chi connectivity index (χ2n) is 7.26. The third-order valence-corrected chi connectivity index (χ3v) is 8.18. The lowest BCUT2D eigenvalue weighted by atomic mass is 9.99. The average Bonchev–Trinajstić information content (AvgIpc) is 2.69. The summed E-state index contributed by atoms with van der Waals surface area (Å²) in [5, 5.41) is 9.65. The second-order valence-corrected chi connectivity index (χ2v) is 9.51. The first-order chi connectivity index (χ1) is 13.0. The van der Waals surface area contributed by atoms with Gasteiger partial charge in [-0.05, 0) is 24.3 Å². The van der Waals surface area contributed by atoms with E-state index in [1.165, 1.54) is 4.31 Å². The molecule has 3 rings (SSSR count). The van der Waals surface area contributed by atoms with Crippen molar-refractivity contribution in [2.24, 2.45) is 5.92 Å². The monoisotopic (exact) mass is 397 g/mol. The number of hydrogen-bond acceptors (Lipinski definition) is 5. The molecule has 0 saturated carbocycles. The van der Waals surface area contributed by atoms with Crippen molar-refractivity contribution in [3.63, 3.8) is 0 Å². The van der Waals surface area contributed by atoms with Crippen molar-refractivity contribution in [3.8, 4) is 0 Å². The van der Waals surface area contributed by atoms with Gasteiger partial charge in [0.2, 0.25) is 10.0 Å². The predicted molar refractivity (Wildman–Crippen MR) is 99.7 cm³/mol. The molecule has 2 saturated heterocycles. The summed E-state index contributed by atoms with van der Waals surface area (Å²) in [7, 11) is -3.92. The summed E-state index contributed by atoms with van der Waals surface area (Å²) in [4.78, 5) is 11.8. The van der Waals surface area contributed by atoms with Crippen molar-refractivity contribution < 1.29 is 27.8 Å². The molecule has 1 N–H and O–H groups in total. The van der Waals surface area contributed by atoms with Gasteiger partial charge in [-0.2, -0.15) is 0 Å². The van der Waals surface area contributed by atoms with E-state index in [0.717, 1.165) is 5.56 Å². The Morgan fingerprint density at radius 3 is 2.41 bits per heavy atom. The predicted octanol–water partition coefficient (Wildman–Crippen LogP) is 1.88. The standard InChI is InChI=1S/C19H27NO6S/c21-18(22)19(8-12-25-13-9-19)27(23,24)20-10-6-17(7-11-20)15-26-14-16-4-2-1-3-5-16/h1-5,17H,6-15H2,(H,21,22). The van der Waals surface area contributed by atoms with E-state index in [2.05, 4.69) is 0 Å². The summed E-state index contributed by atoms with van der Waals surface area (Å²) in [5.41, 5.74) is 1.11. The number of hydrogen-bond donors (Lipinski definition) is 1. The topological polar surface area (TPSA) is 93.1 Å². The van der Waals surface area contributed by atoms with Crippen LogP contribution in [0.2, 0.25) is 0 Å². The van der Waals surface area contributed by atoms with Gasteiger partial charge in [-0.15, -0.1) is 0 Å². The van der Waals surface area contributed by atoms with Crippen molar-refractivity contribution in [3.05, 3.63) is 35.9 Å². The highest BCUT2D eigenvalue weighted by Crippen LogP contribution is 2.35. The van der Waals surface area contributed by atoms with Crippen LogP contribution in [0.15, 0.2) is 30.3 Å². The molecule has 2 aliphatic heterocycles. The molecule has 0 radical (unpaired) electrons. The van der Waals surface area contributed by atoms with Crippen LogP contribution in [0.5, 0.6) is 0 Å². The van der Waals surface area contributed by atoms with Crippen molar-refractivity contribution in [2.45, 2.75) is 37.0 Å². The van der Waals surface area contributed by atoms with E-state index in [0.29, 0.717) is 39.1 Å². The molecule has 1 aromatic rings. The number of nitrogens with zero attached hydrogens (tertiary/aromatic N) is 1. The third kappa shape index (κ3) is 4.34. The third-order valence-electron chi connectivity index (χ3n) is 5.56. The van der Waals surface area contributed by atoms with E-state index >= 15 is 0 Å². The molecule has 0 aromatic heterocycles.